The van der Waals surface area contributed by atoms with Crippen molar-refractivity contribution in [2.45, 2.75) is 23.3 Å². The molecule has 138 valence electrons. The van der Waals surface area contributed by atoms with Crippen LogP contribution < -0.4 is 0 Å². The lowest BCUT2D eigenvalue weighted by atomic mass is 10.2. The summed E-state index contributed by atoms with van der Waals surface area (Å²) in [7, 11) is 3.54. The van der Waals surface area contributed by atoms with Gasteiger partial charge in [-0.3, -0.25) is 4.90 Å². The average molecular weight is 376 g/mol. The summed E-state index contributed by atoms with van der Waals surface area (Å²) in [6.07, 6.45) is 1.65. The number of benzene rings is 1. The van der Waals surface area contributed by atoms with Crippen LogP contribution in [0.2, 0.25) is 0 Å². The molecule has 3 aromatic rings. The quantitative estimate of drug-likeness (QED) is 0.571. The van der Waals surface area contributed by atoms with E-state index in [-0.39, 0.29) is 5.82 Å². The minimum absolute atomic E-state index is 0.201. The third-order valence-electron chi connectivity index (χ3n) is 3.84. The monoisotopic (exact) mass is 376 g/mol. The standard InChI is InChI=1S/C18H21FN4O2S/c1-22-13-20-21-18(22)26-17-8-7-15(25-17)12-23(9-10-24-2)11-14-5-3-4-6-16(14)19/h3-8,13H,9-12H2,1-2H3. The maximum absolute atomic E-state index is 14.0. The Morgan fingerprint density at radius 2 is 2.08 bits per heavy atom. The Hall–Kier alpha value is -2.16. The number of hydrogen-bond donors (Lipinski definition) is 0. The van der Waals surface area contributed by atoms with Crippen molar-refractivity contribution in [2.75, 3.05) is 20.3 Å². The molecule has 0 unspecified atom stereocenters. The molecule has 0 aliphatic carbocycles. The molecule has 2 heterocycles. The van der Waals surface area contributed by atoms with Crippen LogP contribution in [0.4, 0.5) is 4.39 Å². The third-order valence-corrected chi connectivity index (χ3v) is 4.81. The summed E-state index contributed by atoms with van der Waals surface area (Å²) in [6, 6.07) is 10.7. The lowest BCUT2D eigenvalue weighted by Gasteiger charge is -2.21. The first-order valence-electron chi connectivity index (χ1n) is 8.21. The zero-order valence-corrected chi connectivity index (χ0v) is 15.6. The second-order valence-electron chi connectivity index (χ2n) is 5.84. The maximum Gasteiger partial charge on any atom is 0.198 e. The van der Waals surface area contributed by atoms with Crippen LogP contribution in [0.25, 0.3) is 0 Å². The fraction of sp³-hybridized carbons (Fsp3) is 0.333. The SMILES string of the molecule is COCCN(Cc1ccc(Sc2nncn2C)o1)Cc1ccccc1F. The van der Waals surface area contributed by atoms with E-state index in [2.05, 4.69) is 15.1 Å². The van der Waals surface area contributed by atoms with Gasteiger partial charge in [0.1, 0.15) is 17.9 Å². The lowest BCUT2D eigenvalue weighted by molar-refractivity contribution is 0.133. The minimum Gasteiger partial charge on any atom is -0.453 e. The summed E-state index contributed by atoms with van der Waals surface area (Å²) in [4.78, 5) is 2.09. The number of rotatable bonds is 9. The molecule has 1 aromatic carbocycles. The summed E-state index contributed by atoms with van der Waals surface area (Å²) in [5.41, 5.74) is 0.656. The Bertz CT molecular complexity index is 836. The van der Waals surface area contributed by atoms with Crippen LogP contribution in [0.5, 0.6) is 0 Å². The van der Waals surface area contributed by atoms with E-state index in [1.807, 2.05) is 29.8 Å². The molecule has 0 atom stereocenters. The Labute approximate surface area is 156 Å². The molecule has 0 spiro atoms. The molecular weight excluding hydrogens is 355 g/mol. The molecule has 0 fully saturated rings. The highest BCUT2D eigenvalue weighted by atomic mass is 32.2. The number of aryl methyl sites for hydroxylation is 1. The van der Waals surface area contributed by atoms with Crippen LogP contribution in [-0.4, -0.2) is 39.9 Å². The minimum atomic E-state index is -0.201. The molecule has 0 amide bonds. The van der Waals surface area contributed by atoms with Crippen LogP contribution in [0.1, 0.15) is 11.3 Å². The van der Waals surface area contributed by atoms with Gasteiger partial charge < -0.3 is 13.7 Å². The maximum atomic E-state index is 14.0. The van der Waals surface area contributed by atoms with Crippen molar-refractivity contribution in [1.29, 1.82) is 0 Å². The van der Waals surface area contributed by atoms with E-state index < -0.39 is 0 Å². The molecule has 0 aliphatic rings. The van der Waals surface area contributed by atoms with Gasteiger partial charge in [0.25, 0.3) is 0 Å². The van der Waals surface area contributed by atoms with Crippen molar-refractivity contribution in [1.82, 2.24) is 19.7 Å². The van der Waals surface area contributed by atoms with Crippen molar-refractivity contribution >= 4 is 11.8 Å². The molecular formula is C18H21FN4O2S. The van der Waals surface area contributed by atoms with Gasteiger partial charge in [-0.2, -0.15) is 0 Å². The van der Waals surface area contributed by atoms with Crippen LogP contribution in [0.15, 0.2) is 57.4 Å². The Morgan fingerprint density at radius 3 is 2.81 bits per heavy atom. The van der Waals surface area contributed by atoms with Crippen LogP contribution >= 0.6 is 11.8 Å². The van der Waals surface area contributed by atoms with Gasteiger partial charge in [0.15, 0.2) is 10.2 Å². The zero-order valence-electron chi connectivity index (χ0n) is 14.8. The van der Waals surface area contributed by atoms with E-state index >= 15 is 0 Å². The zero-order chi connectivity index (χ0) is 18.4. The van der Waals surface area contributed by atoms with Crippen molar-refractivity contribution in [3.63, 3.8) is 0 Å². The fourth-order valence-corrected chi connectivity index (χ4v) is 3.22. The Kier molecular flexibility index (Phi) is 6.43. The Balaban J connectivity index is 1.67. The first-order chi connectivity index (χ1) is 12.7. The normalized spacial score (nSPS) is 11.4. The number of hydrogen-bond acceptors (Lipinski definition) is 6. The predicted molar refractivity (Wildman–Crippen MR) is 96.2 cm³/mol. The topological polar surface area (TPSA) is 56.3 Å². The highest BCUT2D eigenvalue weighted by molar-refractivity contribution is 7.99. The molecule has 2 aromatic heterocycles. The molecule has 6 nitrogen and oxygen atoms in total. The van der Waals surface area contributed by atoms with E-state index in [0.717, 1.165) is 16.0 Å². The molecule has 0 saturated heterocycles. The molecule has 8 heteroatoms. The van der Waals surface area contributed by atoms with Gasteiger partial charge in [-0.25, -0.2) is 4.39 Å². The van der Waals surface area contributed by atoms with E-state index in [1.54, 1.807) is 25.6 Å². The number of furan rings is 1. The van der Waals surface area contributed by atoms with Crippen LogP contribution in [-0.2, 0) is 24.9 Å². The van der Waals surface area contributed by atoms with E-state index in [4.69, 9.17) is 9.15 Å². The van der Waals surface area contributed by atoms with Gasteiger partial charge in [0.2, 0.25) is 0 Å². The van der Waals surface area contributed by atoms with E-state index in [0.29, 0.717) is 31.8 Å². The van der Waals surface area contributed by atoms with Crippen molar-refractivity contribution in [2.24, 2.45) is 7.05 Å². The molecule has 0 bridgehead atoms. The second kappa shape index (κ2) is 8.98. The number of ether oxygens (including phenoxy) is 1. The lowest BCUT2D eigenvalue weighted by Crippen LogP contribution is -2.26. The summed E-state index contributed by atoms with van der Waals surface area (Å²) < 4.78 is 26.9. The molecule has 26 heavy (non-hydrogen) atoms. The first-order valence-corrected chi connectivity index (χ1v) is 9.02. The first kappa shape index (κ1) is 18.6. The van der Waals surface area contributed by atoms with Crippen molar-refractivity contribution < 1.29 is 13.5 Å². The van der Waals surface area contributed by atoms with Gasteiger partial charge in [0, 0.05) is 32.8 Å². The fourth-order valence-electron chi connectivity index (χ4n) is 2.48. The molecule has 0 saturated carbocycles. The molecule has 0 radical (unpaired) electrons. The van der Waals surface area contributed by atoms with Crippen LogP contribution in [0, 0.1) is 5.82 Å². The molecule has 0 N–H and O–H groups in total. The summed E-state index contributed by atoms with van der Waals surface area (Å²) >= 11 is 1.41. The summed E-state index contributed by atoms with van der Waals surface area (Å²) in [5, 5.41) is 9.39. The Morgan fingerprint density at radius 1 is 1.23 bits per heavy atom. The number of aromatic nitrogens is 3. The van der Waals surface area contributed by atoms with Crippen molar-refractivity contribution in [3.05, 3.63) is 59.9 Å². The highest BCUT2D eigenvalue weighted by Gasteiger charge is 2.14. The smallest absolute Gasteiger partial charge is 0.198 e. The van der Waals surface area contributed by atoms with Gasteiger partial charge in [-0.1, -0.05) is 18.2 Å². The summed E-state index contributed by atoms with van der Waals surface area (Å²) in [6.45, 7) is 2.30. The average Bonchev–Trinajstić information content (AvgIpc) is 3.24. The molecule has 3 rings (SSSR count). The number of methoxy groups -OCH3 is 1. The highest BCUT2D eigenvalue weighted by Crippen LogP contribution is 2.27. The van der Waals surface area contributed by atoms with Gasteiger partial charge in [0.05, 0.1) is 13.2 Å². The van der Waals surface area contributed by atoms with Crippen LogP contribution in [0.3, 0.4) is 0 Å². The van der Waals surface area contributed by atoms with Gasteiger partial charge in [-0.15, -0.1) is 10.2 Å². The second-order valence-corrected chi connectivity index (χ2v) is 6.81. The van der Waals surface area contributed by atoms with E-state index in [9.17, 15) is 4.39 Å². The van der Waals surface area contributed by atoms with Gasteiger partial charge >= 0.3 is 0 Å². The van der Waals surface area contributed by atoms with Crippen molar-refractivity contribution in [3.8, 4) is 0 Å². The third kappa shape index (κ3) is 4.94. The van der Waals surface area contributed by atoms with E-state index in [1.165, 1.54) is 17.8 Å². The largest absolute Gasteiger partial charge is 0.453 e. The number of nitrogens with zero attached hydrogens (tertiary/aromatic N) is 4. The van der Waals surface area contributed by atoms with Gasteiger partial charge in [-0.05, 0) is 30.0 Å². The summed E-state index contributed by atoms with van der Waals surface area (Å²) in [5.74, 6) is 0.606. The molecule has 0 aliphatic heterocycles. The predicted octanol–water partition coefficient (Wildman–Crippen LogP) is 3.35. The number of halogens is 1.